The summed E-state index contributed by atoms with van der Waals surface area (Å²) in [4.78, 5) is 27.2. The van der Waals surface area contributed by atoms with Gasteiger partial charge in [-0.05, 0) is 51.8 Å². The molecule has 0 aliphatic carbocycles. The van der Waals surface area contributed by atoms with Crippen molar-refractivity contribution in [2.75, 3.05) is 12.4 Å². The van der Waals surface area contributed by atoms with E-state index >= 15 is 0 Å². The van der Waals surface area contributed by atoms with E-state index in [1.54, 1.807) is 60.5 Å². The van der Waals surface area contributed by atoms with Crippen molar-refractivity contribution in [2.45, 2.75) is 6.54 Å². The molecule has 0 bridgehead atoms. The van der Waals surface area contributed by atoms with Gasteiger partial charge in [0.15, 0.2) is 0 Å². The van der Waals surface area contributed by atoms with Crippen LogP contribution in [-0.4, -0.2) is 23.8 Å². The van der Waals surface area contributed by atoms with Gasteiger partial charge in [0.1, 0.15) is 0 Å². The van der Waals surface area contributed by atoms with Crippen molar-refractivity contribution in [2.24, 2.45) is 0 Å². The highest BCUT2D eigenvalue weighted by atomic mass is 79.9. The van der Waals surface area contributed by atoms with Crippen LogP contribution in [-0.2, 0) is 6.54 Å². The molecular weight excluding hydrogens is 440 g/mol. The molecule has 1 N–H and O–H groups in total. The molecule has 4 nitrogen and oxygen atoms in total. The van der Waals surface area contributed by atoms with E-state index in [4.69, 9.17) is 11.6 Å². The molecule has 6 heteroatoms. The molecule has 0 spiro atoms. The average molecular weight is 458 g/mol. The predicted octanol–water partition coefficient (Wildman–Crippen LogP) is 5.63. The van der Waals surface area contributed by atoms with Gasteiger partial charge < -0.3 is 10.2 Å². The smallest absolute Gasteiger partial charge is 0.256 e. The number of rotatable bonds is 5. The largest absolute Gasteiger partial charge is 0.337 e. The highest BCUT2D eigenvalue weighted by Gasteiger charge is 2.19. The summed E-state index contributed by atoms with van der Waals surface area (Å²) in [6, 6.07) is 21.5. The molecule has 3 aromatic carbocycles. The van der Waals surface area contributed by atoms with Crippen molar-refractivity contribution < 1.29 is 9.59 Å². The van der Waals surface area contributed by atoms with E-state index in [2.05, 4.69) is 21.2 Å². The molecular formula is C22H18BrClN2O2. The molecule has 3 rings (SSSR count). The number of hydrogen-bond donors (Lipinski definition) is 1. The van der Waals surface area contributed by atoms with Crippen molar-refractivity contribution in [3.05, 3.63) is 99.0 Å². The van der Waals surface area contributed by atoms with Crippen molar-refractivity contribution in [3.63, 3.8) is 0 Å². The van der Waals surface area contributed by atoms with Crippen LogP contribution in [0.3, 0.4) is 0 Å². The first-order valence-corrected chi connectivity index (χ1v) is 9.78. The zero-order valence-corrected chi connectivity index (χ0v) is 17.5. The third kappa shape index (κ3) is 4.61. The number of nitrogens with zero attached hydrogens (tertiary/aromatic N) is 1. The van der Waals surface area contributed by atoms with Gasteiger partial charge in [0.25, 0.3) is 11.8 Å². The summed E-state index contributed by atoms with van der Waals surface area (Å²) in [7, 11) is 1.71. The molecule has 0 fully saturated rings. The maximum atomic E-state index is 13.0. The number of amides is 2. The quantitative estimate of drug-likeness (QED) is 0.540. The second-order valence-electron chi connectivity index (χ2n) is 6.23. The molecule has 0 saturated heterocycles. The topological polar surface area (TPSA) is 49.4 Å². The summed E-state index contributed by atoms with van der Waals surface area (Å²) in [5.41, 5.74) is 2.22. The van der Waals surface area contributed by atoms with Crippen molar-refractivity contribution in [3.8, 4) is 0 Å². The van der Waals surface area contributed by atoms with E-state index in [-0.39, 0.29) is 11.8 Å². The van der Waals surface area contributed by atoms with E-state index < -0.39 is 0 Å². The van der Waals surface area contributed by atoms with Gasteiger partial charge in [-0.15, -0.1) is 0 Å². The Morgan fingerprint density at radius 3 is 2.25 bits per heavy atom. The Labute approximate surface area is 177 Å². The van der Waals surface area contributed by atoms with Crippen LogP contribution in [0.25, 0.3) is 0 Å². The molecule has 2 amide bonds. The van der Waals surface area contributed by atoms with Gasteiger partial charge in [-0.25, -0.2) is 0 Å². The number of hydrogen-bond acceptors (Lipinski definition) is 2. The molecule has 0 unspecified atom stereocenters. The molecule has 0 aliphatic heterocycles. The molecule has 0 radical (unpaired) electrons. The monoisotopic (exact) mass is 456 g/mol. The fourth-order valence-electron chi connectivity index (χ4n) is 2.77. The average Bonchev–Trinajstić information content (AvgIpc) is 2.70. The predicted molar refractivity (Wildman–Crippen MR) is 116 cm³/mol. The molecule has 0 aliphatic rings. The van der Waals surface area contributed by atoms with E-state index in [0.29, 0.717) is 32.9 Å². The fraction of sp³-hybridized carbons (Fsp3) is 0.0909. The minimum Gasteiger partial charge on any atom is -0.337 e. The van der Waals surface area contributed by atoms with Crippen LogP contribution in [0.5, 0.6) is 0 Å². The third-order valence-electron chi connectivity index (χ3n) is 4.24. The second-order valence-corrected chi connectivity index (χ2v) is 7.49. The standard InChI is InChI=1S/C22H18BrClN2O2/c1-26(14-15-8-2-6-12-19(15)24)22(28)17-10-4-7-13-20(17)25-21(27)16-9-3-5-11-18(16)23/h2-13H,14H2,1H3,(H,25,27). The van der Waals surface area contributed by atoms with Crippen LogP contribution < -0.4 is 5.32 Å². The number of carbonyl (C=O) groups excluding carboxylic acids is 2. The Kier molecular flexibility index (Phi) is 6.49. The lowest BCUT2D eigenvalue weighted by molar-refractivity contribution is 0.0786. The first-order chi connectivity index (χ1) is 13.5. The molecule has 0 heterocycles. The van der Waals surface area contributed by atoms with E-state index in [0.717, 1.165) is 5.56 Å². The third-order valence-corrected chi connectivity index (χ3v) is 5.30. The lowest BCUT2D eigenvalue weighted by Gasteiger charge is -2.20. The maximum Gasteiger partial charge on any atom is 0.256 e. The van der Waals surface area contributed by atoms with Gasteiger partial charge in [-0.1, -0.05) is 54.1 Å². The van der Waals surface area contributed by atoms with E-state index in [1.807, 2.05) is 24.3 Å². The number of anilines is 1. The summed E-state index contributed by atoms with van der Waals surface area (Å²) >= 11 is 9.58. The Hall–Kier alpha value is -2.63. The summed E-state index contributed by atoms with van der Waals surface area (Å²) in [6.45, 7) is 0.366. The summed E-state index contributed by atoms with van der Waals surface area (Å²) < 4.78 is 0.687. The molecule has 142 valence electrons. The molecule has 3 aromatic rings. The van der Waals surface area contributed by atoms with E-state index in [1.165, 1.54) is 0 Å². The Bertz CT molecular complexity index is 1020. The van der Waals surface area contributed by atoms with Crippen LogP contribution >= 0.6 is 27.5 Å². The van der Waals surface area contributed by atoms with E-state index in [9.17, 15) is 9.59 Å². The molecule has 28 heavy (non-hydrogen) atoms. The normalized spacial score (nSPS) is 10.4. The SMILES string of the molecule is CN(Cc1ccccc1Cl)C(=O)c1ccccc1NC(=O)c1ccccc1Br. The van der Waals surface area contributed by atoms with Crippen molar-refractivity contribution in [1.29, 1.82) is 0 Å². The van der Waals surface area contributed by atoms with Gasteiger partial charge in [0.05, 0.1) is 16.8 Å². The Balaban J connectivity index is 1.81. The lowest BCUT2D eigenvalue weighted by atomic mass is 10.1. The fourth-order valence-corrected chi connectivity index (χ4v) is 3.43. The zero-order chi connectivity index (χ0) is 20.1. The Morgan fingerprint density at radius 2 is 1.54 bits per heavy atom. The number of carbonyl (C=O) groups is 2. The maximum absolute atomic E-state index is 13.0. The van der Waals surface area contributed by atoms with Crippen LogP contribution in [0.1, 0.15) is 26.3 Å². The van der Waals surface area contributed by atoms with Crippen LogP contribution in [0, 0.1) is 0 Å². The summed E-state index contributed by atoms with van der Waals surface area (Å²) in [6.07, 6.45) is 0. The van der Waals surface area contributed by atoms with Gasteiger partial charge >= 0.3 is 0 Å². The van der Waals surface area contributed by atoms with Gasteiger partial charge in [-0.3, -0.25) is 9.59 Å². The summed E-state index contributed by atoms with van der Waals surface area (Å²) in [5.74, 6) is -0.496. The van der Waals surface area contributed by atoms with Crippen LogP contribution in [0.4, 0.5) is 5.69 Å². The first-order valence-electron chi connectivity index (χ1n) is 8.61. The van der Waals surface area contributed by atoms with Gasteiger partial charge in [0, 0.05) is 23.1 Å². The lowest BCUT2D eigenvalue weighted by Crippen LogP contribution is -2.27. The number of nitrogens with one attached hydrogen (secondary N) is 1. The molecule has 0 atom stereocenters. The van der Waals surface area contributed by atoms with Crippen molar-refractivity contribution >= 4 is 45.0 Å². The number of para-hydroxylation sites is 1. The minimum absolute atomic E-state index is 0.206. The minimum atomic E-state index is -0.290. The Morgan fingerprint density at radius 1 is 0.929 bits per heavy atom. The van der Waals surface area contributed by atoms with Gasteiger partial charge in [0.2, 0.25) is 0 Å². The van der Waals surface area contributed by atoms with Crippen LogP contribution in [0.15, 0.2) is 77.3 Å². The molecule has 0 saturated carbocycles. The highest BCUT2D eigenvalue weighted by Crippen LogP contribution is 2.23. The second kappa shape index (κ2) is 9.04. The summed E-state index contributed by atoms with van der Waals surface area (Å²) in [5, 5.41) is 3.45. The zero-order valence-electron chi connectivity index (χ0n) is 15.2. The highest BCUT2D eigenvalue weighted by molar-refractivity contribution is 9.10. The first kappa shape index (κ1) is 20.1. The van der Waals surface area contributed by atoms with Crippen LogP contribution in [0.2, 0.25) is 5.02 Å². The van der Waals surface area contributed by atoms with Gasteiger partial charge in [-0.2, -0.15) is 0 Å². The number of halogens is 2. The number of benzene rings is 3. The molecule has 0 aromatic heterocycles. The van der Waals surface area contributed by atoms with Crippen molar-refractivity contribution in [1.82, 2.24) is 4.90 Å².